The highest BCUT2D eigenvalue weighted by atomic mass is 16.5. The van der Waals surface area contributed by atoms with Crippen molar-refractivity contribution >= 4 is 17.9 Å². The maximum absolute atomic E-state index is 12.1. The van der Waals surface area contributed by atoms with E-state index in [-0.39, 0.29) is 25.4 Å². The van der Waals surface area contributed by atoms with Crippen molar-refractivity contribution in [2.24, 2.45) is 5.73 Å². The van der Waals surface area contributed by atoms with Gasteiger partial charge in [-0.25, -0.2) is 4.79 Å². The van der Waals surface area contributed by atoms with Crippen LogP contribution in [-0.4, -0.2) is 59.3 Å². The summed E-state index contributed by atoms with van der Waals surface area (Å²) in [6.45, 7) is 4.29. The van der Waals surface area contributed by atoms with Gasteiger partial charge in [-0.1, -0.05) is 0 Å². The largest absolute Gasteiger partial charge is 0.481 e. The minimum atomic E-state index is -0.966. The fraction of sp³-hybridized carbons (Fsp3) is 0.750. The van der Waals surface area contributed by atoms with E-state index in [1.165, 1.54) is 4.90 Å². The first kappa shape index (κ1) is 16.2. The molecule has 1 atom stereocenters. The van der Waals surface area contributed by atoms with Gasteiger partial charge in [-0.3, -0.25) is 9.59 Å². The summed E-state index contributed by atoms with van der Waals surface area (Å²) in [7, 11) is 0. The van der Waals surface area contributed by atoms with Crippen LogP contribution in [-0.2, 0) is 14.3 Å². The smallest absolute Gasteiger partial charge is 0.317 e. The summed E-state index contributed by atoms with van der Waals surface area (Å²) in [5.41, 5.74) is 4.37. The Kier molecular flexibility index (Phi) is 5.32. The van der Waals surface area contributed by atoms with E-state index in [0.717, 1.165) is 0 Å². The van der Waals surface area contributed by atoms with E-state index in [1.807, 2.05) is 0 Å². The molecule has 114 valence electrons. The summed E-state index contributed by atoms with van der Waals surface area (Å²) in [5, 5.41) is 11.4. The molecule has 1 unspecified atom stereocenters. The molecule has 0 aromatic rings. The number of hydrogen-bond acceptors (Lipinski definition) is 4. The molecule has 20 heavy (non-hydrogen) atoms. The lowest BCUT2D eigenvalue weighted by Gasteiger charge is -2.35. The van der Waals surface area contributed by atoms with E-state index >= 15 is 0 Å². The van der Waals surface area contributed by atoms with Gasteiger partial charge in [0.15, 0.2) is 0 Å². The normalized spacial score (nSPS) is 19.5. The van der Waals surface area contributed by atoms with Gasteiger partial charge >= 0.3 is 12.0 Å². The number of carboxylic acid groups (broad SMARTS) is 1. The minimum absolute atomic E-state index is 0.0294. The number of nitrogens with two attached hydrogens (primary N) is 1. The molecule has 8 nitrogen and oxygen atoms in total. The van der Waals surface area contributed by atoms with E-state index in [1.54, 1.807) is 13.8 Å². The van der Waals surface area contributed by atoms with Crippen molar-refractivity contribution in [1.29, 1.82) is 0 Å². The maximum atomic E-state index is 12.1. The third kappa shape index (κ3) is 5.43. The van der Waals surface area contributed by atoms with E-state index in [2.05, 4.69) is 5.32 Å². The number of morpholine rings is 1. The molecule has 0 aliphatic carbocycles. The molecule has 1 rings (SSSR count). The average Bonchev–Trinajstić information content (AvgIpc) is 2.25. The Hall–Kier alpha value is -1.83. The molecule has 1 heterocycles. The zero-order valence-corrected chi connectivity index (χ0v) is 11.7. The highest BCUT2D eigenvalue weighted by Crippen LogP contribution is 2.12. The first-order valence-corrected chi connectivity index (χ1v) is 6.38. The molecule has 1 aliphatic rings. The van der Waals surface area contributed by atoms with Crippen molar-refractivity contribution in [3.63, 3.8) is 0 Å². The molecular formula is C12H21N3O5. The third-order valence-corrected chi connectivity index (χ3v) is 2.89. The van der Waals surface area contributed by atoms with Gasteiger partial charge in [0.2, 0.25) is 5.91 Å². The quantitative estimate of drug-likeness (QED) is 0.630. The lowest BCUT2D eigenvalue weighted by molar-refractivity contribution is -0.141. The number of amides is 3. The second-order valence-corrected chi connectivity index (χ2v) is 5.49. The Morgan fingerprint density at radius 3 is 2.65 bits per heavy atom. The molecule has 0 saturated carbocycles. The number of carbonyl (C=O) groups is 3. The van der Waals surface area contributed by atoms with Crippen molar-refractivity contribution in [3.05, 3.63) is 0 Å². The van der Waals surface area contributed by atoms with Crippen LogP contribution in [0.5, 0.6) is 0 Å². The predicted octanol–water partition coefficient (Wildman–Crippen LogP) is -0.474. The van der Waals surface area contributed by atoms with Gasteiger partial charge in [0, 0.05) is 25.0 Å². The molecule has 1 fully saturated rings. The van der Waals surface area contributed by atoms with Gasteiger partial charge in [0.1, 0.15) is 0 Å². The number of rotatable bonds is 5. The van der Waals surface area contributed by atoms with E-state index in [0.29, 0.717) is 13.2 Å². The van der Waals surface area contributed by atoms with E-state index < -0.39 is 23.5 Å². The van der Waals surface area contributed by atoms with Crippen molar-refractivity contribution in [1.82, 2.24) is 10.2 Å². The number of aliphatic carboxylic acids is 1. The molecular weight excluding hydrogens is 266 g/mol. The topological polar surface area (TPSA) is 122 Å². The Morgan fingerprint density at radius 2 is 2.10 bits per heavy atom. The minimum Gasteiger partial charge on any atom is -0.481 e. The van der Waals surface area contributed by atoms with Crippen molar-refractivity contribution in [3.8, 4) is 0 Å². The van der Waals surface area contributed by atoms with Crippen LogP contribution >= 0.6 is 0 Å². The Balaban J connectivity index is 2.54. The standard InChI is InChI=1S/C12H21N3O5/c1-12(2,6-9(13)16)14-11(19)15-3-4-20-8(7-15)5-10(17)18/h8H,3-7H2,1-2H3,(H2,13,16)(H,14,19)(H,17,18). The number of urea groups is 1. The summed E-state index contributed by atoms with van der Waals surface area (Å²) < 4.78 is 5.29. The predicted molar refractivity (Wildman–Crippen MR) is 70.0 cm³/mol. The molecule has 8 heteroatoms. The van der Waals surface area contributed by atoms with Gasteiger partial charge in [-0.05, 0) is 13.8 Å². The summed E-state index contributed by atoms with van der Waals surface area (Å²) in [6, 6.07) is -0.352. The summed E-state index contributed by atoms with van der Waals surface area (Å²) in [5.74, 6) is -1.47. The van der Waals surface area contributed by atoms with Crippen LogP contribution in [0.15, 0.2) is 0 Å². The fourth-order valence-corrected chi connectivity index (χ4v) is 2.07. The Labute approximate surface area is 117 Å². The molecule has 0 radical (unpaired) electrons. The molecule has 0 aromatic heterocycles. The Morgan fingerprint density at radius 1 is 1.45 bits per heavy atom. The van der Waals surface area contributed by atoms with Crippen molar-refractivity contribution in [2.75, 3.05) is 19.7 Å². The molecule has 4 N–H and O–H groups in total. The molecule has 1 saturated heterocycles. The average molecular weight is 287 g/mol. The molecule has 1 aliphatic heterocycles. The second kappa shape index (κ2) is 6.56. The molecule has 3 amide bonds. The first-order valence-electron chi connectivity index (χ1n) is 6.38. The van der Waals surface area contributed by atoms with Crippen molar-refractivity contribution in [2.45, 2.75) is 38.3 Å². The van der Waals surface area contributed by atoms with E-state index in [4.69, 9.17) is 15.6 Å². The molecule has 0 aromatic carbocycles. The van der Waals surface area contributed by atoms with Crippen LogP contribution < -0.4 is 11.1 Å². The highest BCUT2D eigenvalue weighted by molar-refractivity contribution is 5.79. The number of carbonyl (C=O) groups excluding carboxylic acids is 2. The van der Waals surface area contributed by atoms with Gasteiger partial charge in [-0.2, -0.15) is 0 Å². The first-order chi connectivity index (χ1) is 9.19. The van der Waals surface area contributed by atoms with Gasteiger partial charge in [0.25, 0.3) is 0 Å². The summed E-state index contributed by atoms with van der Waals surface area (Å²) in [4.78, 5) is 35.1. The van der Waals surface area contributed by atoms with Gasteiger partial charge in [0.05, 0.1) is 19.1 Å². The number of nitrogens with one attached hydrogen (secondary N) is 1. The van der Waals surface area contributed by atoms with Crippen LogP contribution in [0.2, 0.25) is 0 Å². The zero-order chi connectivity index (χ0) is 15.3. The number of hydrogen-bond donors (Lipinski definition) is 3. The number of primary amides is 1. The lowest BCUT2D eigenvalue weighted by Crippen LogP contribution is -2.55. The number of ether oxygens (including phenoxy) is 1. The number of carboxylic acids is 1. The van der Waals surface area contributed by atoms with Gasteiger partial charge < -0.3 is 25.8 Å². The van der Waals surface area contributed by atoms with Crippen LogP contribution in [0.25, 0.3) is 0 Å². The summed E-state index contributed by atoms with van der Waals surface area (Å²) >= 11 is 0. The number of nitrogens with zero attached hydrogens (tertiary/aromatic N) is 1. The molecule has 0 spiro atoms. The van der Waals surface area contributed by atoms with Crippen molar-refractivity contribution < 1.29 is 24.2 Å². The van der Waals surface area contributed by atoms with Crippen LogP contribution in [0.4, 0.5) is 4.79 Å². The third-order valence-electron chi connectivity index (χ3n) is 2.89. The highest BCUT2D eigenvalue weighted by Gasteiger charge is 2.29. The SMILES string of the molecule is CC(C)(CC(N)=O)NC(=O)N1CCOC(CC(=O)O)C1. The fourth-order valence-electron chi connectivity index (χ4n) is 2.07. The lowest BCUT2D eigenvalue weighted by atomic mass is 10.0. The van der Waals surface area contributed by atoms with Crippen LogP contribution in [0, 0.1) is 0 Å². The maximum Gasteiger partial charge on any atom is 0.317 e. The molecule has 0 bridgehead atoms. The van der Waals surface area contributed by atoms with Gasteiger partial charge in [-0.15, -0.1) is 0 Å². The summed E-state index contributed by atoms with van der Waals surface area (Å²) in [6.07, 6.45) is -0.623. The monoisotopic (exact) mass is 287 g/mol. The van der Waals surface area contributed by atoms with Crippen LogP contribution in [0.3, 0.4) is 0 Å². The van der Waals surface area contributed by atoms with E-state index in [9.17, 15) is 14.4 Å². The zero-order valence-electron chi connectivity index (χ0n) is 11.7. The second-order valence-electron chi connectivity index (χ2n) is 5.49. The Bertz CT molecular complexity index is 397. The van der Waals surface area contributed by atoms with Crippen LogP contribution in [0.1, 0.15) is 26.7 Å².